The SMILES string of the molecule is C=C1C2(C(=O)NNC(=O)c3cc4ccc(OC)cc4oc3=O)CCC(C2)C1(C)C. The van der Waals surface area contributed by atoms with Gasteiger partial charge in [-0.1, -0.05) is 26.0 Å². The molecule has 4 rings (SSSR count). The quantitative estimate of drug-likeness (QED) is 0.472. The molecule has 2 aliphatic rings. The molecule has 1 aromatic heterocycles. The third-order valence-corrected chi connectivity index (χ3v) is 6.80. The number of nitrogens with one attached hydrogen (secondary N) is 2. The number of hydrogen-bond donors (Lipinski definition) is 2. The average molecular weight is 396 g/mol. The lowest BCUT2D eigenvalue weighted by Gasteiger charge is -2.37. The highest BCUT2D eigenvalue weighted by molar-refractivity contribution is 5.98. The van der Waals surface area contributed by atoms with E-state index in [2.05, 4.69) is 31.3 Å². The summed E-state index contributed by atoms with van der Waals surface area (Å²) in [6.45, 7) is 8.41. The van der Waals surface area contributed by atoms with Gasteiger partial charge in [0.25, 0.3) is 5.91 Å². The van der Waals surface area contributed by atoms with Crippen molar-refractivity contribution < 1.29 is 18.7 Å². The van der Waals surface area contributed by atoms with Gasteiger partial charge in [0.05, 0.1) is 12.5 Å². The molecule has 1 heterocycles. The Labute approximate surface area is 168 Å². The largest absolute Gasteiger partial charge is 0.497 e. The van der Waals surface area contributed by atoms with Crippen molar-refractivity contribution in [1.29, 1.82) is 0 Å². The van der Waals surface area contributed by atoms with E-state index in [9.17, 15) is 14.4 Å². The normalized spacial score (nSPS) is 24.5. The Morgan fingerprint density at radius 3 is 2.66 bits per heavy atom. The van der Waals surface area contributed by atoms with E-state index in [1.807, 2.05) is 0 Å². The monoisotopic (exact) mass is 396 g/mol. The third-order valence-electron chi connectivity index (χ3n) is 6.80. The Kier molecular flexibility index (Phi) is 4.29. The van der Waals surface area contributed by atoms with Crippen molar-refractivity contribution in [3.05, 3.63) is 52.4 Å². The Hall–Kier alpha value is -3.09. The smallest absolute Gasteiger partial charge is 0.349 e. The highest BCUT2D eigenvalue weighted by Crippen LogP contribution is 2.65. The van der Waals surface area contributed by atoms with Crippen LogP contribution in [-0.4, -0.2) is 18.9 Å². The molecule has 2 aromatic rings. The Morgan fingerprint density at radius 2 is 2.00 bits per heavy atom. The van der Waals surface area contributed by atoms with E-state index < -0.39 is 16.9 Å². The summed E-state index contributed by atoms with van der Waals surface area (Å²) in [6, 6.07) is 6.40. The standard InChI is InChI=1S/C22H24N2O5/c1-12-21(2,3)14-7-8-22(12,11-14)20(27)24-23-18(25)16-9-13-5-6-15(28-4)10-17(13)29-19(16)26/h5-6,9-10,14H,1,7-8,11H2,2-4H3,(H,23,25)(H,24,27). The molecule has 0 spiro atoms. The Balaban J connectivity index is 1.52. The predicted molar refractivity (Wildman–Crippen MR) is 107 cm³/mol. The lowest BCUT2D eigenvalue weighted by atomic mass is 9.68. The fraction of sp³-hybridized carbons (Fsp3) is 0.409. The zero-order valence-corrected chi connectivity index (χ0v) is 16.8. The maximum atomic E-state index is 12.9. The number of hydrogen-bond acceptors (Lipinski definition) is 5. The Morgan fingerprint density at radius 1 is 1.24 bits per heavy atom. The summed E-state index contributed by atoms with van der Waals surface area (Å²) >= 11 is 0. The fourth-order valence-corrected chi connectivity index (χ4v) is 4.82. The van der Waals surface area contributed by atoms with Crippen molar-refractivity contribution in [2.45, 2.75) is 33.1 Å². The first kappa shape index (κ1) is 19.2. The van der Waals surface area contributed by atoms with Crippen LogP contribution >= 0.6 is 0 Å². The molecule has 2 unspecified atom stereocenters. The van der Waals surface area contributed by atoms with Crippen LogP contribution in [0.2, 0.25) is 0 Å². The molecule has 0 aliphatic heterocycles. The van der Waals surface area contributed by atoms with E-state index in [1.165, 1.54) is 13.2 Å². The zero-order valence-electron chi connectivity index (χ0n) is 16.8. The van der Waals surface area contributed by atoms with E-state index in [1.54, 1.807) is 18.2 Å². The summed E-state index contributed by atoms with van der Waals surface area (Å²) in [5, 5.41) is 0.574. The lowest BCUT2D eigenvalue weighted by molar-refractivity contribution is -0.129. The third kappa shape index (κ3) is 2.84. The molecular formula is C22H24N2O5. The first-order valence-corrected chi connectivity index (χ1v) is 9.61. The van der Waals surface area contributed by atoms with Crippen LogP contribution in [0.25, 0.3) is 11.0 Å². The maximum absolute atomic E-state index is 12.9. The van der Waals surface area contributed by atoms with Gasteiger partial charge in [-0.25, -0.2) is 4.79 Å². The Bertz CT molecular complexity index is 1100. The minimum atomic E-state index is -0.789. The van der Waals surface area contributed by atoms with Crippen molar-refractivity contribution >= 4 is 22.8 Å². The van der Waals surface area contributed by atoms with Gasteiger partial charge in [-0.2, -0.15) is 0 Å². The van der Waals surface area contributed by atoms with E-state index in [0.29, 0.717) is 22.6 Å². The second-order valence-corrected chi connectivity index (χ2v) is 8.48. The topological polar surface area (TPSA) is 97.6 Å². The van der Waals surface area contributed by atoms with Gasteiger partial charge in [-0.05, 0) is 48.8 Å². The van der Waals surface area contributed by atoms with Gasteiger partial charge in [-0.3, -0.25) is 20.4 Å². The summed E-state index contributed by atoms with van der Waals surface area (Å²) in [4.78, 5) is 37.7. The first-order valence-electron chi connectivity index (χ1n) is 9.61. The van der Waals surface area contributed by atoms with Crippen molar-refractivity contribution in [3.63, 3.8) is 0 Å². The van der Waals surface area contributed by atoms with Gasteiger partial charge >= 0.3 is 5.63 Å². The average Bonchev–Trinajstić information content (AvgIpc) is 3.23. The van der Waals surface area contributed by atoms with E-state index in [-0.39, 0.29) is 16.9 Å². The van der Waals surface area contributed by atoms with Crippen molar-refractivity contribution in [1.82, 2.24) is 10.9 Å². The number of carbonyl (C=O) groups is 2. The van der Waals surface area contributed by atoms with E-state index >= 15 is 0 Å². The van der Waals surface area contributed by atoms with Crippen LogP contribution in [0.5, 0.6) is 5.75 Å². The van der Waals surface area contributed by atoms with Gasteiger partial charge in [0.15, 0.2) is 0 Å². The first-order chi connectivity index (χ1) is 13.7. The minimum Gasteiger partial charge on any atom is -0.497 e. The number of hydrazine groups is 1. The van der Waals surface area contributed by atoms with Gasteiger partial charge in [0, 0.05) is 11.5 Å². The second kappa shape index (κ2) is 6.47. The van der Waals surface area contributed by atoms with Gasteiger partial charge < -0.3 is 9.15 Å². The molecule has 7 nitrogen and oxygen atoms in total. The van der Waals surface area contributed by atoms with E-state index in [4.69, 9.17) is 9.15 Å². The number of carbonyl (C=O) groups excluding carboxylic acids is 2. The van der Waals surface area contributed by atoms with Crippen LogP contribution in [0.4, 0.5) is 0 Å². The molecule has 2 saturated carbocycles. The minimum absolute atomic E-state index is 0.0972. The molecule has 29 heavy (non-hydrogen) atoms. The number of amides is 2. The summed E-state index contributed by atoms with van der Waals surface area (Å²) in [6.07, 6.45) is 2.42. The second-order valence-electron chi connectivity index (χ2n) is 8.48. The lowest BCUT2D eigenvalue weighted by Crippen LogP contribution is -2.50. The summed E-state index contributed by atoms with van der Waals surface area (Å²) in [7, 11) is 1.51. The maximum Gasteiger partial charge on any atom is 0.349 e. The molecule has 2 N–H and O–H groups in total. The number of ether oxygens (including phenoxy) is 1. The highest BCUT2D eigenvalue weighted by atomic mass is 16.5. The van der Waals surface area contributed by atoms with Crippen molar-refractivity contribution in [3.8, 4) is 5.75 Å². The van der Waals surface area contributed by atoms with Crippen LogP contribution in [0.15, 0.2) is 45.6 Å². The molecule has 2 bridgehead atoms. The zero-order chi connectivity index (χ0) is 21.0. The number of methoxy groups -OCH3 is 1. The van der Waals surface area contributed by atoms with E-state index in [0.717, 1.165) is 24.8 Å². The summed E-state index contributed by atoms with van der Waals surface area (Å²) in [5.74, 6) is -0.0441. The van der Waals surface area contributed by atoms with Crippen LogP contribution in [0, 0.1) is 16.7 Å². The fourth-order valence-electron chi connectivity index (χ4n) is 4.82. The summed E-state index contributed by atoms with van der Waals surface area (Å²) in [5.41, 5.74) is 4.36. The highest BCUT2D eigenvalue weighted by Gasteiger charge is 2.61. The molecule has 1 aromatic carbocycles. The molecule has 2 amide bonds. The molecule has 0 radical (unpaired) electrons. The molecule has 2 aliphatic carbocycles. The summed E-state index contributed by atoms with van der Waals surface area (Å²) < 4.78 is 10.3. The number of benzene rings is 1. The van der Waals surface area contributed by atoms with Crippen LogP contribution in [0.3, 0.4) is 0 Å². The number of rotatable bonds is 3. The van der Waals surface area contributed by atoms with Crippen molar-refractivity contribution in [2.24, 2.45) is 16.7 Å². The predicted octanol–water partition coefficient (Wildman–Crippen LogP) is 2.95. The number of fused-ring (bicyclic) bond motifs is 3. The molecule has 2 fully saturated rings. The molecule has 152 valence electrons. The molecule has 0 saturated heterocycles. The van der Waals surface area contributed by atoms with Crippen LogP contribution < -0.4 is 21.2 Å². The molecule has 2 atom stereocenters. The molecule has 7 heteroatoms. The van der Waals surface area contributed by atoms with Crippen LogP contribution in [0.1, 0.15) is 43.5 Å². The van der Waals surface area contributed by atoms with Crippen LogP contribution in [-0.2, 0) is 4.79 Å². The van der Waals surface area contributed by atoms with Gasteiger partial charge in [-0.15, -0.1) is 0 Å². The van der Waals surface area contributed by atoms with Crippen molar-refractivity contribution in [2.75, 3.05) is 7.11 Å². The molecular weight excluding hydrogens is 372 g/mol. The van der Waals surface area contributed by atoms with Gasteiger partial charge in [0.1, 0.15) is 16.9 Å². The van der Waals surface area contributed by atoms with Gasteiger partial charge in [0.2, 0.25) is 5.91 Å².